The zero-order valence-corrected chi connectivity index (χ0v) is 17.8. The van der Waals surface area contributed by atoms with E-state index in [0.717, 1.165) is 0 Å². The molecule has 27 heavy (non-hydrogen) atoms. The summed E-state index contributed by atoms with van der Waals surface area (Å²) >= 11 is 18.0. The molecule has 0 unspecified atom stereocenters. The average molecular weight is 451 g/mol. The van der Waals surface area contributed by atoms with Crippen molar-refractivity contribution in [3.05, 3.63) is 62.6 Å². The van der Waals surface area contributed by atoms with Crippen molar-refractivity contribution in [2.45, 2.75) is 25.3 Å². The molecule has 0 saturated carbocycles. The van der Waals surface area contributed by atoms with Crippen molar-refractivity contribution in [1.82, 2.24) is 4.31 Å². The van der Waals surface area contributed by atoms with E-state index in [0.29, 0.717) is 28.7 Å². The van der Waals surface area contributed by atoms with Gasteiger partial charge in [0.15, 0.2) is 0 Å². The van der Waals surface area contributed by atoms with Crippen LogP contribution in [-0.2, 0) is 21.4 Å². The summed E-state index contributed by atoms with van der Waals surface area (Å²) in [6, 6.07) is 8.83. The minimum atomic E-state index is -3.81. The predicted octanol–water partition coefficient (Wildman–Crippen LogP) is 5.03. The number of carbonyl (C=O) groups is 1. The molecule has 0 heterocycles. The van der Waals surface area contributed by atoms with E-state index in [4.69, 9.17) is 39.5 Å². The third kappa shape index (κ3) is 5.15. The van der Waals surface area contributed by atoms with Crippen molar-refractivity contribution in [3.8, 4) is 0 Å². The standard InChI is InChI=1S/C18H18Cl3NO4S/c1-3-22(4-2)27(24,25)17-9-12(6-8-15(17)20)18(23)26-11-13-5-7-14(19)10-16(13)21/h5-10H,3-4,11H2,1-2H3. The third-order valence-electron chi connectivity index (χ3n) is 3.86. The second-order valence-corrected chi connectivity index (χ2v) is 8.70. The van der Waals surface area contributed by atoms with Gasteiger partial charge in [0.05, 0.1) is 10.6 Å². The summed E-state index contributed by atoms with van der Waals surface area (Å²) in [5.41, 5.74) is 0.662. The van der Waals surface area contributed by atoms with Crippen LogP contribution < -0.4 is 0 Å². The van der Waals surface area contributed by atoms with Gasteiger partial charge in [0.2, 0.25) is 10.0 Å². The summed E-state index contributed by atoms with van der Waals surface area (Å²) in [7, 11) is -3.81. The Hall–Kier alpha value is -1.31. The Balaban J connectivity index is 2.25. The highest BCUT2D eigenvalue weighted by Crippen LogP contribution is 2.27. The van der Waals surface area contributed by atoms with E-state index in [-0.39, 0.29) is 22.1 Å². The van der Waals surface area contributed by atoms with E-state index in [1.807, 2.05) is 0 Å². The van der Waals surface area contributed by atoms with Crippen LogP contribution in [0.25, 0.3) is 0 Å². The van der Waals surface area contributed by atoms with E-state index in [1.165, 1.54) is 22.5 Å². The fraction of sp³-hybridized carbons (Fsp3) is 0.278. The second kappa shape index (κ2) is 9.26. The van der Waals surface area contributed by atoms with Gasteiger partial charge in [-0.25, -0.2) is 13.2 Å². The lowest BCUT2D eigenvalue weighted by atomic mass is 10.2. The van der Waals surface area contributed by atoms with Crippen LogP contribution in [0.4, 0.5) is 0 Å². The molecular formula is C18H18Cl3NO4S. The van der Waals surface area contributed by atoms with Crippen LogP contribution in [0.15, 0.2) is 41.3 Å². The number of benzene rings is 2. The molecule has 0 bridgehead atoms. The molecule has 2 aromatic rings. The van der Waals surface area contributed by atoms with Crippen molar-refractivity contribution >= 4 is 50.8 Å². The Morgan fingerprint density at radius 2 is 1.67 bits per heavy atom. The maximum atomic E-state index is 12.7. The summed E-state index contributed by atoms with van der Waals surface area (Å²) in [6.07, 6.45) is 0. The number of esters is 1. The Morgan fingerprint density at radius 1 is 1.00 bits per heavy atom. The molecule has 0 aromatic heterocycles. The highest BCUT2D eigenvalue weighted by Gasteiger charge is 2.26. The van der Waals surface area contributed by atoms with E-state index < -0.39 is 16.0 Å². The average Bonchev–Trinajstić information content (AvgIpc) is 2.61. The van der Waals surface area contributed by atoms with E-state index in [2.05, 4.69) is 0 Å². The number of hydrogen-bond acceptors (Lipinski definition) is 4. The molecule has 9 heteroatoms. The van der Waals surface area contributed by atoms with Gasteiger partial charge in [-0.1, -0.05) is 54.7 Å². The molecule has 0 atom stereocenters. The number of rotatable bonds is 7. The van der Waals surface area contributed by atoms with Crippen molar-refractivity contribution in [2.24, 2.45) is 0 Å². The summed E-state index contributed by atoms with van der Waals surface area (Å²) < 4.78 is 31.9. The van der Waals surface area contributed by atoms with Gasteiger partial charge in [-0.15, -0.1) is 0 Å². The summed E-state index contributed by atoms with van der Waals surface area (Å²) in [6.45, 7) is 3.96. The molecule has 0 aliphatic heterocycles. The molecule has 0 aliphatic carbocycles. The Morgan fingerprint density at radius 3 is 2.26 bits per heavy atom. The van der Waals surface area contributed by atoms with E-state index in [1.54, 1.807) is 32.0 Å². The van der Waals surface area contributed by atoms with Crippen LogP contribution in [-0.4, -0.2) is 31.8 Å². The third-order valence-corrected chi connectivity index (χ3v) is 6.98. The van der Waals surface area contributed by atoms with Crippen LogP contribution in [0, 0.1) is 0 Å². The smallest absolute Gasteiger partial charge is 0.338 e. The molecule has 0 radical (unpaired) electrons. The lowest BCUT2D eigenvalue weighted by Gasteiger charge is -2.19. The van der Waals surface area contributed by atoms with Gasteiger partial charge in [0.1, 0.15) is 11.5 Å². The first-order chi connectivity index (χ1) is 12.7. The molecule has 146 valence electrons. The summed E-state index contributed by atoms with van der Waals surface area (Å²) in [5, 5.41) is 0.884. The van der Waals surface area contributed by atoms with Gasteiger partial charge in [-0.2, -0.15) is 4.31 Å². The van der Waals surface area contributed by atoms with Crippen molar-refractivity contribution in [3.63, 3.8) is 0 Å². The predicted molar refractivity (Wildman–Crippen MR) is 107 cm³/mol. The maximum absolute atomic E-state index is 12.7. The van der Waals surface area contributed by atoms with Crippen LogP contribution >= 0.6 is 34.8 Å². The number of ether oxygens (including phenoxy) is 1. The molecule has 2 aromatic carbocycles. The van der Waals surface area contributed by atoms with Crippen molar-refractivity contribution < 1.29 is 17.9 Å². The number of halogens is 3. The summed E-state index contributed by atoms with van der Waals surface area (Å²) in [4.78, 5) is 12.2. The first-order valence-electron chi connectivity index (χ1n) is 8.11. The highest BCUT2D eigenvalue weighted by atomic mass is 35.5. The van der Waals surface area contributed by atoms with Crippen LogP contribution in [0.3, 0.4) is 0 Å². The fourth-order valence-corrected chi connectivity index (χ4v) is 4.82. The topological polar surface area (TPSA) is 63.7 Å². The Labute approximate surface area is 173 Å². The SMILES string of the molecule is CCN(CC)S(=O)(=O)c1cc(C(=O)OCc2ccc(Cl)cc2Cl)ccc1Cl. The zero-order chi connectivity index (χ0) is 20.2. The van der Waals surface area contributed by atoms with Gasteiger partial charge in [-0.05, 0) is 30.3 Å². The van der Waals surface area contributed by atoms with Crippen LogP contribution in [0.2, 0.25) is 15.1 Å². The second-order valence-electron chi connectivity index (χ2n) is 5.55. The van der Waals surface area contributed by atoms with Gasteiger partial charge in [-0.3, -0.25) is 0 Å². The summed E-state index contributed by atoms with van der Waals surface area (Å²) in [5.74, 6) is -0.686. The molecule has 0 spiro atoms. The number of sulfonamides is 1. The molecule has 0 saturated heterocycles. The lowest BCUT2D eigenvalue weighted by Crippen LogP contribution is -2.31. The zero-order valence-electron chi connectivity index (χ0n) is 14.7. The van der Waals surface area contributed by atoms with Crippen LogP contribution in [0.1, 0.15) is 29.8 Å². The maximum Gasteiger partial charge on any atom is 0.338 e. The monoisotopic (exact) mass is 449 g/mol. The molecule has 0 aliphatic rings. The Kier molecular flexibility index (Phi) is 7.54. The van der Waals surface area contributed by atoms with E-state index >= 15 is 0 Å². The molecular weight excluding hydrogens is 433 g/mol. The molecule has 2 rings (SSSR count). The highest BCUT2D eigenvalue weighted by molar-refractivity contribution is 7.89. The van der Waals surface area contributed by atoms with Gasteiger partial charge in [0.25, 0.3) is 0 Å². The number of carbonyl (C=O) groups excluding carboxylic acids is 1. The van der Waals surface area contributed by atoms with Crippen molar-refractivity contribution in [2.75, 3.05) is 13.1 Å². The molecule has 0 N–H and O–H groups in total. The first kappa shape index (κ1) is 22.0. The normalized spacial score (nSPS) is 11.6. The number of nitrogens with zero attached hydrogens (tertiary/aromatic N) is 1. The van der Waals surface area contributed by atoms with Crippen LogP contribution in [0.5, 0.6) is 0 Å². The minimum absolute atomic E-state index is 0.0409. The molecule has 5 nitrogen and oxygen atoms in total. The number of hydrogen-bond donors (Lipinski definition) is 0. The van der Waals surface area contributed by atoms with Gasteiger partial charge < -0.3 is 4.74 Å². The molecule has 0 amide bonds. The largest absolute Gasteiger partial charge is 0.457 e. The van der Waals surface area contributed by atoms with Crippen molar-refractivity contribution in [1.29, 1.82) is 0 Å². The van der Waals surface area contributed by atoms with Gasteiger partial charge in [0, 0.05) is 28.7 Å². The quantitative estimate of drug-likeness (QED) is 0.555. The van der Waals surface area contributed by atoms with Gasteiger partial charge >= 0.3 is 5.97 Å². The lowest BCUT2D eigenvalue weighted by molar-refractivity contribution is 0.0472. The van der Waals surface area contributed by atoms with E-state index in [9.17, 15) is 13.2 Å². The first-order valence-corrected chi connectivity index (χ1v) is 10.7. The Bertz CT molecular complexity index is 944. The fourth-order valence-electron chi connectivity index (χ4n) is 2.40. The molecule has 0 fully saturated rings. The minimum Gasteiger partial charge on any atom is -0.457 e.